The number of aryl methyl sites for hydroxylation is 2. The minimum absolute atomic E-state index is 0.0651. The fourth-order valence-corrected chi connectivity index (χ4v) is 4.53. The van der Waals surface area contributed by atoms with E-state index in [1.54, 1.807) is 10.8 Å². The van der Waals surface area contributed by atoms with Gasteiger partial charge in [-0.3, -0.25) is 4.79 Å². The normalized spacial score (nSPS) is 15.3. The number of anilines is 1. The van der Waals surface area contributed by atoms with Crippen LogP contribution in [0.2, 0.25) is 0 Å². The van der Waals surface area contributed by atoms with Crippen molar-refractivity contribution in [3.8, 4) is 0 Å². The molecule has 0 aliphatic carbocycles. The maximum Gasteiger partial charge on any atom is 0.223 e. The lowest BCUT2D eigenvalue weighted by atomic mass is 9.83. The standard InChI is InChI=1S/C25H34N6O/c1-17-14-20(25(3,4)5)15-18(2)21(17)8-11-26-24(32)19-9-12-30(13-10-19)23-7-6-22-28-27-16-31(22)29-23/h6-7,14-16,19H,8-13H2,1-5H3,(H,26,32). The maximum absolute atomic E-state index is 12.8. The lowest BCUT2D eigenvalue weighted by Crippen LogP contribution is -2.41. The summed E-state index contributed by atoms with van der Waals surface area (Å²) in [4.78, 5) is 15.0. The molecule has 32 heavy (non-hydrogen) atoms. The third kappa shape index (κ3) is 4.76. The van der Waals surface area contributed by atoms with Crippen LogP contribution in [0.15, 0.2) is 30.6 Å². The summed E-state index contributed by atoms with van der Waals surface area (Å²) in [6, 6.07) is 8.49. The van der Waals surface area contributed by atoms with Crippen molar-refractivity contribution in [3.05, 3.63) is 52.8 Å². The molecular weight excluding hydrogens is 400 g/mol. The highest BCUT2D eigenvalue weighted by atomic mass is 16.1. The third-order valence-corrected chi connectivity index (χ3v) is 6.57. The summed E-state index contributed by atoms with van der Waals surface area (Å²) < 4.78 is 1.69. The van der Waals surface area contributed by atoms with Crippen LogP contribution in [-0.2, 0) is 16.6 Å². The average molecular weight is 435 g/mol. The van der Waals surface area contributed by atoms with Gasteiger partial charge in [0.05, 0.1) is 0 Å². The van der Waals surface area contributed by atoms with Crippen LogP contribution >= 0.6 is 0 Å². The van der Waals surface area contributed by atoms with Crippen molar-refractivity contribution in [2.75, 3.05) is 24.5 Å². The molecule has 0 unspecified atom stereocenters. The summed E-state index contributed by atoms with van der Waals surface area (Å²) in [5.41, 5.74) is 6.23. The lowest BCUT2D eigenvalue weighted by Gasteiger charge is -2.32. The molecule has 7 heteroatoms. The van der Waals surface area contributed by atoms with E-state index in [9.17, 15) is 4.79 Å². The summed E-state index contributed by atoms with van der Waals surface area (Å²) >= 11 is 0. The van der Waals surface area contributed by atoms with Crippen molar-refractivity contribution in [2.45, 2.75) is 59.3 Å². The quantitative estimate of drug-likeness (QED) is 0.664. The first-order valence-electron chi connectivity index (χ1n) is 11.5. The summed E-state index contributed by atoms with van der Waals surface area (Å²) in [7, 11) is 0. The van der Waals surface area contributed by atoms with E-state index in [1.807, 2.05) is 12.1 Å². The number of aromatic nitrogens is 4. The number of fused-ring (bicyclic) bond motifs is 1. The topological polar surface area (TPSA) is 75.4 Å². The molecular formula is C25H34N6O. The lowest BCUT2D eigenvalue weighted by molar-refractivity contribution is -0.125. The zero-order valence-electron chi connectivity index (χ0n) is 19.9. The van der Waals surface area contributed by atoms with Crippen LogP contribution in [0.25, 0.3) is 5.65 Å². The summed E-state index contributed by atoms with van der Waals surface area (Å²) in [5.74, 6) is 1.14. The number of amides is 1. The molecule has 0 saturated carbocycles. The van der Waals surface area contributed by atoms with Gasteiger partial charge in [-0.1, -0.05) is 32.9 Å². The van der Waals surface area contributed by atoms with Crippen molar-refractivity contribution < 1.29 is 4.79 Å². The number of nitrogens with one attached hydrogen (secondary N) is 1. The number of hydrogen-bond donors (Lipinski definition) is 1. The van der Waals surface area contributed by atoms with Gasteiger partial charge < -0.3 is 10.2 Å². The van der Waals surface area contributed by atoms with Crippen LogP contribution in [0.4, 0.5) is 5.82 Å². The first-order chi connectivity index (χ1) is 15.2. The molecule has 170 valence electrons. The first kappa shape index (κ1) is 22.2. The Labute approximate surface area is 190 Å². The van der Waals surface area contributed by atoms with Gasteiger partial charge in [0.15, 0.2) is 5.65 Å². The van der Waals surface area contributed by atoms with Crippen LogP contribution in [0.3, 0.4) is 0 Å². The molecule has 0 bridgehead atoms. The van der Waals surface area contributed by atoms with Crippen molar-refractivity contribution in [1.82, 2.24) is 25.1 Å². The number of nitrogens with zero attached hydrogens (tertiary/aromatic N) is 5. The highest BCUT2D eigenvalue weighted by molar-refractivity contribution is 5.79. The van der Waals surface area contributed by atoms with Gasteiger partial charge >= 0.3 is 0 Å². The zero-order valence-corrected chi connectivity index (χ0v) is 19.9. The highest BCUT2D eigenvalue weighted by Crippen LogP contribution is 2.27. The second kappa shape index (κ2) is 8.88. The molecule has 3 aromatic rings. The molecule has 1 fully saturated rings. The van der Waals surface area contributed by atoms with Crippen LogP contribution in [0, 0.1) is 19.8 Å². The Morgan fingerprint density at radius 3 is 2.47 bits per heavy atom. The molecule has 1 saturated heterocycles. The molecule has 0 radical (unpaired) electrons. The smallest absolute Gasteiger partial charge is 0.223 e. The number of benzene rings is 1. The second-order valence-corrected chi connectivity index (χ2v) is 9.97. The van der Waals surface area contributed by atoms with Gasteiger partial charge in [-0.05, 0) is 72.9 Å². The molecule has 1 aliphatic rings. The van der Waals surface area contributed by atoms with Gasteiger partial charge in [0.25, 0.3) is 0 Å². The number of piperidine rings is 1. The monoisotopic (exact) mass is 434 g/mol. The molecule has 3 heterocycles. The van der Waals surface area contributed by atoms with Crippen molar-refractivity contribution in [2.24, 2.45) is 5.92 Å². The Balaban J connectivity index is 1.28. The van der Waals surface area contributed by atoms with Gasteiger partial charge in [-0.15, -0.1) is 15.3 Å². The predicted molar refractivity (Wildman–Crippen MR) is 127 cm³/mol. The number of rotatable bonds is 5. The Kier molecular flexibility index (Phi) is 6.17. The van der Waals surface area contributed by atoms with E-state index < -0.39 is 0 Å². The van der Waals surface area contributed by atoms with Gasteiger partial charge in [0.2, 0.25) is 5.91 Å². The van der Waals surface area contributed by atoms with Crippen molar-refractivity contribution in [3.63, 3.8) is 0 Å². The summed E-state index contributed by atoms with van der Waals surface area (Å²) in [6.45, 7) is 13.4. The number of carbonyl (C=O) groups is 1. The van der Waals surface area contributed by atoms with Crippen LogP contribution in [-0.4, -0.2) is 45.4 Å². The minimum Gasteiger partial charge on any atom is -0.356 e. The molecule has 1 N–H and O–H groups in total. The van der Waals surface area contributed by atoms with Crippen LogP contribution < -0.4 is 10.2 Å². The average Bonchev–Trinajstić information content (AvgIpc) is 3.22. The van der Waals surface area contributed by atoms with E-state index in [2.05, 4.69) is 72.3 Å². The summed E-state index contributed by atoms with van der Waals surface area (Å²) in [6.07, 6.45) is 4.16. The highest BCUT2D eigenvalue weighted by Gasteiger charge is 2.26. The zero-order chi connectivity index (χ0) is 22.9. The van der Waals surface area contributed by atoms with E-state index in [-0.39, 0.29) is 17.2 Å². The van der Waals surface area contributed by atoms with E-state index in [0.717, 1.165) is 43.8 Å². The molecule has 4 rings (SSSR count). The summed E-state index contributed by atoms with van der Waals surface area (Å²) in [5, 5.41) is 15.6. The molecule has 0 spiro atoms. The SMILES string of the molecule is Cc1cc(C(C)(C)C)cc(C)c1CCNC(=O)C1CCN(c2ccc3nncn3n2)CC1. The predicted octanol–water partition coefficient (Wildman–Crippen LogP) is 3.61. The van der Waals surface area contributed by atoms with E-state index in [4.69, 9.17) is 0 Å². The van der Waals surface area contributed by atoms with Gasteiger partial charge in [-0.2, -0.15) is 4.52 Å². The van der Waals surface area contributed by atoms with E-state index in [1.165, 1.54) is 22.3 Å². The molecule has 1 aliphatic heterocycles. The van der Waals surface area contributed by atoms with Gasteiger partial charge in [0, 0.05) is 25.6 Å². The maximum atomic E-state index is 12.8. The largest absolute Gasteiger partial charge is 0.356 e. The fraction of sp³-hybridized carbons (Fsp3) is 0.520. The molecule has 2 aromatic heterocycles. The molecule has 1 aromatic carbocycles. The Bertz CT molecular complexity index is 1080. The Morgan fingerprint density at radius 1 is 1.12 bits per heavy atom. The molecule has 7 nitrogen and oxygen atoms in total. The minimum atomic E-state index is 0.0651. The second-order valence-electron chi connectivity index (χ2n) is 9.97. The van der Waals surface area contributed by atoms with E-state index >= 15 is 0 Å². The number of carbonyl (C=O) groups excluding carboxylic acids is 1. The Morgan fingerprint density at radius 2 is 1.81 bits per heavy atom. The third-order valence-electron chi connectivity index (χ3n) is 6.57. The Hall–Kier alpha value is -2.96. The van der Waals surface area contributed by atoms with Gasteiger partial charge in [0.1, 0.15) is 12.1 Å². The van der Waals surface area contributed by atoms with E-state index in [0.29, 0.717) is 6.54 Å². The van der Waals surface area contributed by atoms with Crippen LogP contribution in [0.1, 0.15) is 55.9 Å². The van der Waals surface area contributed by atoms with Crippen LogP contribution in [0.5, 0.6) is 0 Å². The fourth-order valence-electron chi connectivity index (χ4n) is 4.53. The van der Waals surface area contributed by atoms with Crippen molar-refractivity contribution >= 4 is 17.4 Å². The molecule has 1 amide bonds. The first-order valence-corrected chi connectivity index (χ1v) is 11.5. The van der Waals surface area contributed by atoms with Gasteiger partial charge in [-0.25, -0.2) is 0 Å². The van der Waals surface area contributed by atoms with Crippen molar-refractivity contribution in [1.29, 1.82) is 0 Å². The number of hydrogen-bond acceptors (Lipinski definition) is 5. The molecule has 0 atom stereocenters.